The fraction of sp³-hybridized carbons (Fsp3) is 0.0492. The largest absolute Gasteiger partial charge is 0.434 e. The van der Waals surface area contributed by atoms with Crippen LogP contribution in [0, 0.1) is 0 Å². The number of rotatable bonds is 6. The van der Waals surface area contributed by atoms with Gasteiger partial charge in [-0.05, 0) is 75.8 Å². The molecule has 13 aromatic rings. The monoisotopic (exact) mass is 872 g/mol. The molecule has 7 heteroatoms. The number of oxazole rings is 1. The number of aromatic nitrogens is 6. The summed E-state index contributed by atoms with van der Waals surface area (Å²) in [7, 11) is 0. The lowest BCUT2D eigenvalue weighted by atomic mass is 9.82. The van der Waals surface area contributed by atoms with Crippen molar-refractivity contribution in [1.82, 2.24) is 29.1 Å². The summed E-state index contributed by atoms with van der Waals surface area (Å²) in [5, 5.41) is 4.41. The van der Waals surface area contributed by atoms with Crippen LogP contribution in [0.2, 0.25) is 0 Å². The second-order valence-electron chi connectivity index (χ2n) is 18.2. The molecule has 0 bridgehead atoms. The van der Waals surface area contributed by atoms with Crippen molar-refractivity contribution in [2.45, 2.75) is 19.3 Å². The van der Waals surface area contributed by atoms with Crippen molar-refractivity contribution in [3.63, 3.8) is 0 Å². The fourth-order valence-corrected chi connectivity index (χ4v) is 10.8. The zero-order valence-corrected chi connectivity index (χ0v) is 37.2. The molecule has 0 saturated carbocycles. The second kappa shape index (κ2) is 14.5. The summed E-state index contributed by atoms with van der Waals surface area (Å²) in [5.74, 6) is 2.30. The zero-order chi connectivity index (χ0) is 45.1. The molecule has 9 aromatic carbocycles. The lowest BCUT2D eigenvalue weighted by Crippen LogP contribution is -2.14. The molecule has 7 nitrogen and oxygen atoms in total. The Kier molecular flexibility index (Phi) is 8.19. The van der Waals surface area contributed by atoms with Crippen LogP contribution in [0.5, 0.6) is 0 Å². The highest BCUT2D eigenvalue weighted by atomic mass is 16.3. The predicted molar refractivity (Wildman–Crippen MR) is 275 cm³/mol. The first-order valence-electron chi connectivity index (χ1n) is 23.1. The minimum atomic E-state index is -0.0308. The van der Waals surface area contributed by atoms with Gasteiger partial charge in [-0.15, -0.1) is 0 Å². The average molecular weight is 873 g/mol. The van der Waals surface area contributed by atoms with Gasteiger partial charge in [-0.25, -0.2) is 9.97 Å². The number of hydrogen-bond donors (Lipinski definition) is 0. The van der Waals surface area contributed by atoms with E-state index in [0.29, 0.717) is 29.1 Å². The summed E-state index contributed by atoms with van der Waals surface area (Å²) in [4.78, 5) is 20.7. The first kappa shape index (κ1) is 38.3. The Morgan fingerprint density at radius 1 is 0.397 bits per heavy atom. The molecule has 68 heavy (non-hydrogen) atoms. The minimum absolute atomic E-state index is 0.0308. The maximum atomic E-state index is 6.92. The Morgan fingerprint density at radius 2 is 0.956 bits per heavy atom. The number of nitrogens with zero attached hydrogens (tertiary/aromatic N) is 6. The fourth-order valence-electron chi connectivity index (χ4n) is 10.8. The minimum Gasteiger partial charge on any atom is -0.434 e. The zero-order valence-electron chi connectivity index (χ0n) is 37.2. The van der Waals surface area contributed by atoms with E-state index in [2.05, 4.69) is 163 Å². The Bertz CT molecular complexity index is 4100. The van der Waals surface area contributed by atoms with E-state index < -0.39 is 0 Å². The van der Waals surface area contributed by atoms with E-state index in [4.69, 9.17) is 24.4 Å². The highest BCUT2D eigenvalue weighted by Crippen LogP contribution is 2.50. The SMILES string of the molecule is CC1(C)c2ccccc2-c2cc(-c3ccc(-c4nc5cccc(-n6c7ccccc7c7ccc8c9ccccc9n(-c9nc(-c%10ccccc%10)nc(-c%10ccccc%10)n9)c8c76)c5o4)cc3)ccc21. The highest BCUT2D eigenvalue weighted by Gasteiger charge is 2.35. The lowest BCUT2D eigenvalue weighted by Gasteiger charge is -2.21. The van der Waals surface area contributed by atoms with Crippen LogP contribution >= 0.6 is 0 Å². The third-order valence-electron chi connectivity index (χ3n) is 14.0. The standard InChI is InChI=1S/C61H40N6O/c1-61(2)48-23-12-9-20-42(48)47-36-41(32-35-49(47)61)37-28-30-40(31-29-37)59-62-50-24-15-27-53(56(50)68-59)66-51-25-13-10-21-43(51)45-33-34-46-44-22-11-14-26-52(44)67(55(46)54(45)66)60-64-57(38-16-5-3-6-17-38)63-58(65-60)39-18-7-4-8-19-39/h3-36H,1-2H3. The van der Waals surface area contributed by atoms with Gasteiger partial charge in [-0.1, -0.05) is 178 Å². The second-order valence-corrected chi connectivity index (χ2v) is 18.2. The Balaban J connectivity index is 0.961. The molecular formula is C61H40N6O. The molecule has 0 unspecified atom stereocenters. The number of fused-ring (bicyclic) bond motifs is 11. The summed E-state index contributed by atoms with van der Waals surface area (Å²) < 4.78 is 11.5. The van der Waals surface area contributed by atoms with Gasteiger partial charge in [-0.3, -0.25) is 4.57 Å². The molecule has 0 atom stereocenters. The molecule has 0 saturated heterocycles. The predicted octanol–water partition coefficient (Wildman–Crippen LogP) is 15.2. The third-order valence-corrected chi connectivity index (χ3v) is 14.0. The summed E-state index contributed by atoms with van der Waals surface area (Å²) in [6.07, 6.45) is 0. The molecule has 0 spiro atoms. The van der Waals surface area contributed by atoms with Crippen molar-refractivity contribution in [3.8, 4) is 68.1 Å². The van der Waals surface area contributed by atoms with Gasteiger partial charge in [-0.2, -0.15) is 9.97 Å². The van der Waals surface area contributed by atoms with Crippen molar-refractivity contribution in [3.05, 3.63) is 217 Å². The van der Waals surface area contributed by atoms with Crippen LogP contribution in [0.15, 0.2) is 211 Å². The third kappa shape index (κ3) is 5.66. The van der Waals surface area contributed by atoms with E-state index >= 15 is 0 Å². The first-order chi connectivity index (χ1) is 33.5. The number of benzene rings is 9. The van der Waals surface area contributed by atoms with Gasteiger partial charge >= 0.3 is 0 Å². The molecule has 1 aliphatic carbocycles. The van der Waals surface area contributed by atoms with Crippen molar-refractivity contribution in [2.24, 2.45) is 0 Å². The van der Waals surface area contributed by atoms with Crippen LogP contribution in [-0.2, 0) is 5.41 Å². The maximum absolute atomic E-state index is 6.92. The van der Waals surface area contributed by atoms with Crippen LogP contribution in [0.3, 0.4) is 0 Å². The first-order valence-corrected chi connectivity index (χ1v) is 23.1. The average Bonchev–Trinajstić information content (AvgIpc) is 4.14. The van der Waals surface area contributed by atoms with Gasteiger partial charge in [0.05, 0.1) is 27.8 Å². The quantitative estimate of drug-likeness (QED) is 0.166. The van der Waals surface area contributed by atoms with Gasteiger partial charge in [0.25, 0.3) is 0 Å². The Labute approximate surface area is 391 Å². The molecule has 0 amide bonds. The van der Waals surface area contributed by atoms with Gasteiger partial charge in [0.15, 0.2) is 17.2 Å². The molecule has 14 rings (SSSR count). The maximum Gasteiger partial charge on any atom is 0.238 e. The Hall–Kier alpha value is -8.94. The lowest BCUT2D eigenvalue weighted by molar-refractivity contribution is 0.618. The van der Waals surface area contributed by atoms with Gasteiger partial charge in [0.1, 0.15) is 5.52 Å². The summed E-state index contributed by atoms with van der Waals surface area (Å²) in [5.41, 5.74) is 16.8. The smallest absolute Gasteiger partial charge is 0.238 e. The molecule has 4 heterocycles. The Morgan fingerprint density at radius 3 is 1.65 bits per heavy atom. The van der Waals surface area contributed by atoms with Crippen LogP contribution in [0.25, 0.3) is 123 Å². The molecule has 0 aliphatic heterocycles. The van der Waals surface area contributed by atoms with Crippen molar-refractivity contribution < 1.29 is 4.42 Å². The molecule has 1 aliphatic rings. The van der Waals surface area contributed by atoms with Crippen molar-refractivity contribution in [1.29, 1.82) is 0 Å². The molecule has 0 radical (unpaired) electrons. The highest BCUT2D eigenvalue weighted by molar-refractivity contribution is 6.24. The summed E-state index contributed by atoms with van der Waals surface area (Å²) in [6, 6.07) is 72.4. The summed E-state index contributed by atoms with van der Waals surface area (Å²) in [6.45, 7) is 4.64. The number of para-hydroxylation sites is 3. The summed E-state index contributed by atoms with van der Waals surface area (Å²) >= 11 is 0. The van der Waals surface area contributed by atoms with E-state index in [0.717, 1.165) is 77.1 Å². The normalized spacial score (nSPS) is 13.0. The van der Waals surface area contributed by atoms with Crippen LogP contribution in [0.1, 0.15) is 25.0 Å². The van der Waals surface area contributed by atoms with Gasteiger partial charge in [0, 0.05) is 43.7 Å². The van der Waals surface area contributed by atoms with Crippen LogP contribution < -0.4 is 0 Å². The van der Waals surface area contributed by atoms with E-state index in [-0.39, 0.29) is 5.41 Å². The molecular weight excluding hydrogens is 833 g/mol. The molecule has 4 aromatic heterocycles. The van der Waals surface area contributed by atoms with E-state index in [1.165, 1.54) is 27.8 Å². The van der Waals surface area contributed by atoms with Crippen LogP contribution in [-0.4, -0.2) is 29.1 Å². The molecule has 0 fully saturated rings. The van der Waals surface area contributed by atoms with Crippen molar-refractivity contribution >= 4 is 54.7 Å². The topological polar surface area (TPSA) is 74.6 Å². The molecule has 0 N–H and O–H groups in total. The van der Waals surface area contributed by atoms with Gasteiger partial charge in [0.2, 0.25) is 11.8 Å². The van der Waals surface area contributed by atoms with Crippen molar-refractivity contribution in [2.75, 3.05) is 0 Å². The van der Waals surface area contributed by atoms with E-state index in [9.17, 15) is 0 Å². The van der Waals surface area contributed by atoms with Gasteiger partial charge < -0.3 is 8.98 Å². The van der Waals surface area contributed by atoms with Crippen LogP contribution in [0.4, 0.5) is 0 Å². The van der Waals surface area contributed by atoms with E-state index in [1.807, 2.05) is 66.7 Å². The van der Waals surface area contributed by atoms with E-state index in [1.54, 1.807) is 0 Å². The molecule has 320 valence electrons. The number of hydrogen-bond acceptors (Lipinski definition) is 5.